The van der Waals surface area contributed by atoms with Crippen molar-refractivity contribution in [1.82, 2.24) is 0 Å². The van der Waals surface area contributed by atoms with Gasteiger partial charge in [0.25, 0.3) is 0 Å². The van der Waals surface area contributed by atoms with Crippen LogP contribution in [0.3, 0.4) is 0 Å². The van der Waals surface area contributed by atoms with Crippen molar-refractivity contribution in [2.75, 3.05) is 0 Å². The molecule has 0 aromatic heterocycles. The third kappa shape index (κ3) is 37.8. The Kier molecular flexibility index (Phi) is 135. The van der Waals surface area contributed by atoms with Gasteiger partial charge in [-0.05, 0) is 0 Å². The van der Waals surface area contributed by atoms with E-state index in [1.165, 1.54) is 0 Å². The summed E-state index contributed by atoms with van der Waals surface area (Å²) in [6, 6.07) is 0. The predicted molar refractivity (Wildman–Crippen MR) is 15.6 cm³/mol. The van der Waals surface area contributed by atoms with Gasteiger partial charge in [-0.1, -0.05) is 0 Å². The van der Waals surface area contributed by atoms with Crippen molar-refractivity contribution in [3.05, 3.63) is 6.42 Å². The summed E-state index contributed by atoms with van der Waals surface area (Å²) >= 11 is 0. The molecule has 0 atom stereocenters. The first-order valence-electron chi connectivity index (χ1n) is 1.15. The van der Waals surface area contributed by atoms with Crippen molar-refractivity contribution in [2.45, 2.75) is 13.8 Å². The molecule has 4 heteroatoms. The molecule has 0 aliphatic heterocycles. The Morgan fingerprint density at radius 2 is 0.714 bits per heavy atom. The van der Waals surface area contributed by atoms with Crippen LogP contribution >= 0.6 is 0 Å². The van der Waals surface area contributed by atoms with Crippen molar-refractivity contribution in [1.29, 1.82) is 0 Å². The van der Waals surface area contributed by atoms with E-state index in [1.54, 1.807) is 0 Å². The van der Waals surface area contributed by atoms with E-state index in [1.807, 2.05) is 20.3 Å². The van der Waals surface area contributed by atoms with Gasteiger partial charge >= 0.3 is 0 Å². The molecular weight excluding hydrogens is 392 g/mol. The van der Waals surface area contributed by atoms with Gasteiger partial charge in [0.05, 0.1) is 0 Å². The molecule has 0 saturated carbocycles. The van der Waals surface area contributed by atoms with E-state index in [-0.39, 0.29) is 131 Å². The summed E-state index contributed by atoms with van der Waals surface area (Å²) in [4.78, 5) is 0. The van der Waals surface area contributed by atoms with Gasteiger partial charge < -0.3 is 6.42 Å². The minimum atomic E-state index is 0. The Labute approximate surface area is 147 Å². The molecule has 0 N–H and O–H groups in total. The molecule has 32 valence electrons. The van der Waals surface area contributed by atoms with Gasteiger partial charge in [-0.2, -0.15) is 13.8 Å². The molecule has 0 aromatic carbocycles. The van der Waals surface area contributed by atoms with Crippen LogP contribution in [0.5, 0.6) is 0 Å². The fourth-order valence-electron chi connectivity index (χ4n) is 0. The van der Waals surface area contributed by atoms with E-state index >= 15 is 0 Å². The number of hydrogen-bond donors (Lipinski definition) is 0. The van der Waals surface area contributed by atoms with Gasteiger partial charge in [-0.15, -0.1) is 0 Å². The maximum absolute atomic E-state index is 2.00. The first-order chi connectivity index (χ1) is 1.41. The average Bonchev–Trinajstić information content (AvgIpc) is 0.918. The monoisotopic (exact) mass is 399 g/mol. The van der Waals surface area contributed by atoms with Crippen LogP contribution in [0.1, 0.15) is 13.8 Å². The van der Waals surface area contributed by atoms with Crippen molar-refractivity contribution in [3.8, 4) is 0 Å². The quantitative estimate of drug-likeness (QED) is 0.538. The summed E-state index contributed by atoms with van der Waals surface area (Å²) in [6.07, 6.45) is 2.00. The third-order valence-electron chi connectivity index (χ3n) is 0. The zero-order valence-electron chi connectivity index (χ0n) is 4.89. The minimum absolute atomic E-state index is 0. The van der Waals surface area contributed by atoms with Crippen LogP contribution in [0.2, 0.25) is 0 Å². The molecule has 0 nitrogen and oxygen atoms in total. The molecule has 0 saturated heterocycles. The number of hydrogen-bond acceptors (Lipinski definition) is 0. The Morgan fingerprint density at radius 3 is 0.714 bits per heavy atom. The fraction of sp³-hybridized carbons (Fsp3) is 0.667. The van der Waals surface area contributed by atoms with Crippen LogP contribution in [-0.4, -0.2) is 0 Å². The van der Waals surface area contributed by atoms with Gasteiger partial charge in [0.15, 0.2) is 0 Å². The van der Waals surface area contributed by atoms with E-state index in [0.29, 0.717) is 0 Å². The first kappa shape index (κ1) is 30.1. The Bertz CT molecular complexity index is 6.90. The van der Waals surface area contributed by atoms with E-state index < -0.39 is 0 Å². The Balaban J connectivity index is -0.00000000333. The molecule has 0 amide bonds. The van der Waals surface area contributed by atoms with Crippen LogP contribution in [0.15, 0.2) is 0 Å². The molecule has 7 heavy (non-hydrogen) atoms. The zero-order chi connectivity index (χ0) is 2.71. The van der Waals surface area contributed by atoms with Gasteiger partial charge in [-0.3, -0.25) is 0 Å². The second kappa shape index (κ2) is 31.5. The van der Waals surface area contributed by atoms with Crippen molar-refractivity contribution in [2.24, 2.45) is 0 Å². The van der Waals surface area contributed by atoms with Crippen LogP contribution in [-0.2, 0) is 131 Å². The molecule has 0 aliphatic carbocycles. The molecule has 0 unspecified atom stereocenters. The molecule has 0 heterocycles. The van der Waals surface area contributed by atoms with Gasteiger partial charge in [0.2, 0.25) is 0 Å². The van der Waals surface area contributed by atoms with E-state index in [9.17, 15) is 0 Å². The molecule has 0 aromatic rings. The molecular formula is C3H7Y4-. The van der Waals surface area contributed by atoms with Crippen molar-refractivity contribution < 1.29 is 131 Å². The molecule has 0 fully saturated rings. The van der Waals surface area contributed by atoms with Crippen LogP contribution in [0, 0.1) is 6.42 Å². The second-order valence-corrected chi connectivity index (χ2v) is 0.577. The minimum Gasteiger partial charge on any atom is -0.335 e. The van der Waals surface area contributed by atoms with Crippen molar-refractivity contribution >= 4 is 0 Å². The summed E-state index contributed by atoms with van der Waals surface area (Å²) in [7, 11) is 0. The maximum atomic E-state index is 2.00. The van der Waals surface area contributed by atoms with Crippen molar-refractivity contribution in [3.63, 3.8) is 0 Å². The van der Waals surface area contributed by atoms with E-state index in [2.05, 4.69) is 0 Å². The standard InChI is InChI=1S/C3H7.4Y/c1-3-2;;;;/h3H,1-2H3;;;;/q-1;;;;. The fourth-order valence-corrected chi connectivity index (χ4v) is 0. The Morgan fingerprint density at radius 1 is 0.714 bits per heavy atom. The average molecular weight is 399 g/mol. The van der Waals surface area contributed by atoms with E-state index in [4.69, 9.17) is 0 Å². The normalized spacial score (nSPS) is 2.57. The molecule has 0 bridgehead atoms. The first-order valence-corrected chi connectivity index (χ1v) is 1.15. The molecule has 0 spiro atoms. The van der Waals surface area contributed by atoms with Gasteiger partial charge in [-0.25, -0.2) is 0 Å². The topological polar surface area (TPSA) is 0 Å². The summed E-state index contributed by atoms with van der Waals surface area (Å²) in [6.45, 7) is 4.00. The summed E-state index contributed by atoms with van der Waals surface area (Å²) in [5, 5.41) is 0. The predicted octanol–water partition coefficient (Wildman–Crippen LogP) is 1.22. The van der Waals surface area contributed by atoms with Gasteiger partial charge in [0, 0.05) is 131 Å². The molecule has 0 aliphatic rings. The van der Waals surface area contributed by atoms with Crippen LogP contribution in [0.25, 0.3) is 0 Å². The summed E-state index contributed by atoms with van der Waals surface area (Å²) < 4.78 is 0. The Hall–Kier alpha value is 4.42. The maximum Gasteiger partial charge on any atom is 0 e. The van der Waals surface area contributed by atoms with Crippen LogP contribution < -0.4 is 0 Å². The number of rotatable bonds is 0. The van der Waals surface area contributed by atoms with Gasteiger partial charge in [0.1, 0.15) is 0 Å². The summed E-state index contributed by atoms with van der Waals surface area (Å²) in [5.41, 5.74) is 0. The summed E-state index contributed by atoms with van der Waals surface area (Å²) in [5.74, 6) is 0. The molecule has 4 radical (unpaired) electrons. The third-order valence-corrected chi connectivity index (χ3v) is 0. The smallest absolute Gasteiger partial charge is 0 e. The van der Waals surface area contributed by atoms with E-state index in [0.717, 1.165) is 0 Å². The van der Waals surface area contributed by atoms with Crippen LogP contribution in [0.4, 0.5) is 0 Å². The zero-order valence-corrected chi connectivity index (χ0v) is 16.2. The SMILES string of the molecule is C[CH-]C.[Y].[Y].[Y].[Y]. The molecule has 0 rings (SSSR count). The second-order valence-electron chi connectivity index (χ2n) is 0.577. The largest absolute Gasteiger partial charge is 0.335 e.